The van der Waals surface area contributed by atoms with Gasteiger partial charge < -0.3 is 20.6 Å². The summed E-state index contributed by atoms with van der Waals surface area (Å²) in [7, 11) is 2.09. The lowest BCUT2D eigenvalue weighted by Crippen LogP contribution is -2.52. The van der Waals surface area contributed by atoms with Crippen molar-refractivity contribution < 1.29 is 14.7 Å². The van der Waals surface area contributed by atoms with Gasteiger partial charge in [-0.15, -0.1) is 0 Å². The Labute approximate surface area is 127 Å². The zero-order valence-electron chi connectivity index (χ0n) is 13.6. The molecule has 2 amide bonds. The van der Waals surface area contributed by atoms with E-state index in [1.54, 1.807) is 0 Å². The Morgan fingerprint density at radius 3 is 2.43 bits per heavy atom. The Bertz CT molecular complexity index is 369. The van der Waals surface area contributed by atoms with Crippen LogP contribution >= 0.6 is 0 Å². The molecule has 1 aliphatic heterocycles. The number of rotatable bonds is 6. The maximum Gasteiger partial charge on any atom is 0.315 e. The van der Waals surface area contributed by atoms with E-state index in [9.17, 15) is 14.7 Å². The van der Waals surface area contributed by atoms with Crippen LogP contribution in [0, 0.1) is 5.41 Å². The van der Waals surface area contributed by atoms with Gasteiger partial charge in [0.25, 0.3) is 0 Å². The molecule has 3 N–H and O–H groups in total. The summed E-state index contributed by atoms with van der Waals surface area (Å²) < 4.78 is 0. The van der Waals surface area contributed by atoms with Gasteiger partial charge in [0.1, 0.15) is 0 Å². The quantitative estimate of drug-likeness (QED) is 0.696. The third-order valence-electron chi connectivity index (χ3n) is 4.94. The molecule has 0 saturated carbocycles. The molecule has 1 heterocycles. The molecule has 0 bridgehead atoms. The molecule has 0 aromatic carbocycles. The van der Waals surface area contributed by atoms with Crippen LogP contribution in [0.1, 0.15) is 46.5 Å². The number of carbonyl (C=O) groups excluding carboxylic acids is 1. The molecule has 0 aliphatic carbocycles. The molecule has 0 aromatic heterocycles. The third kappa shape index (κ3) is 4.59. The van der Waals surface area contributed by atoms with Gasteiger partial charge in [0, 0.05) is 25.2 Å². The van der Waals surface area contributed by atoms with Crippen molar-refractivity contribution in [2.75, 3.05) is 20.1 Å². The standard InChI is InChI=1S/C15H29N3O3/c1-5-15(6-2,13(19)20)10-16-14(21)17-12-7-8-18(4)11(3)9-12/h11-12H,5-10H2,1-4H3,(H,19,20)(H2,16,17,21). The van der Waals surface area contributed by atoms with Gasteiger partial charge in [-0.05, 0) is 39.7 Å². The molecule has 1 aliphatic rings. The molecule has 1 rings (SSSR count). The van der Waals surface area contributed by atoms with Crippen LogP contribution in [0.4, 0.5) is 4.79 Å². The minimum absolute atomic E-state index is 0.165. The van der Waals surface area contributed by atoms with Crippen molar-refractivity contribution in [3.8, 4) is 0 Å². The van der Waals surface area contributed by atoms with E-state index < -0.39 is 11.4 Å². The van der Waals surface area contributed by atoms with Gasteiger partial charge in [-0.2, -0.15) is 0 Å². The zero-order chi connectivity index (χ0) is 16.0. The van der Waals surface area contributed by atoms with Crippen LogP contribution in [0.15, 0.2) is 0 Å². The Kier molecular flexibility index (Phi) is 6.45. The second-order valence-electron chi connectivity index (χ2n) is 6.17. The van der Waals surface area contributed by atoms with Gasteiger partial charge in [-0.1, -0.05) is 13.8 Å². The lowest BCUT2D eigenvalue weighted by atomic mass is 9.82. The number of likely N-dealkylation sites (tertiary alicyclic amines) is 1. The zero-order valence-corrected chi connectivity index (χ0v) is 13.6. The average Bonchev–Trinajstić information content (AvgIpc) is 2.44. The first-order valence-electron chi connectivity index (χ1n) is 7.82. The highest BCUT2D eigenvalue weighted by Crippen LogP contribution is 2.25. The summed E-state index contributed by atoms with van der Waals surface area (Å²) >= 11 is 0. The predicted octanol–water partition coefficient (Wildman–Crippen LogP) is 1.66. The third-order valence-corrected chi connectivity index (χ3v) is 4.94. The van der Waals surface area contributed by atoms with Gasteiger partial charge in [0.15, 0.2) is 0 Å². The van der Waals surface area contributed by atoms with Gasteiger partial charge in [0.05, 0.1) is 5.41 Å². The van der Waals surface area contributed by atoms with Crippen LogP contribution < -0.4 is 10.6 Å². The molecule has 2 unspecified atom stereocenters. The second kappa shape index (κ2) is 7.64. The van der Waals surface area contributed by atoms with E-state index in [0.29, 0.717) is 18.9 Å². The van der Waals surface area contributed by atoms with Crippen molar-refractivity contribution in [3.63, 3.8) is 0 Å². The normalized spacial score (nSPS) is 23.6. The minimum Gasteiger partial charge on any atom is -0.481 e. The average molecular weight is 299 g/mol. The first-order valence-corrected chi connectivity index (χ1v) is 7.82. The summed E-state index contributed by atoms with van der Waals surface area (Å²) in [5.41, 5.74) is -0.864. The number of carboxylic acid groups (broad SMARTS) is 1. The highest BCUT2D eigenvalue weighted by Gasteiger charge is 2.35. The van der Waals surface area contributed by atoms with E-state index >= 15 is 0 Å². The van der Waals surface area contributed by atoms with Crippen molar-refractivity contribution in [2.24, 2.45) is 5.41 Å². The fourth-order valence-electron chi connectivity index (χ4n) is 2.78. The molecule has 0 spiro atoms. The number of carboxylic acids is 1. The van der Waals surface area contributed by atoms with Crippen LogP contribution in [0.25, 0.3) is 0 Å². The van der Waals surface area contributed by atoms with Crippen molar-refractivity contribution in [2.45, 2.75) is 58.5 Å². The van der Waals surface area contributed by atoms with Crippen LogP contribution in [-0.4, -0.2) is 54.2 Å². The van der Waals surface area contributed by atoms with Crippen molar-refractivity contribution in [1.82, 2.24) is 15.5 Å². The lowest BCUT2D eigenvalue weighted by molar-refractivity contribution is -0.149. The highest BCUT2D eigenvalue weighted by atomic mass is 16.4. The summed E-state index contributed by atoms with van der Waals surface area (Å²) in [5.74, 6) is -0.847. The van der Waals surface area contributed by atoms with E-state index in [1.807, 2.05) is 13.8 Å². The van der Waals surface area contributed by atoms with E-state index in [-0.39, 0.29) is 18.6 Å². The molecule has 1 saturated heterocycles. The van der Waals surface area contributed by atoms with Crippen molar-refractivity contribution >= 4 is 12.0 Å². The second-order valence-corrected chi connectivity index (χ2v) is 6.17. The van der Waals surface area contributed by atoms with Crippen LogP contribution in [-0.2, 0) is 4.79 Å². The molecule has 6 nitrogen and oxygen atoms in total. The lowest BCUT2D eigenvalue weighted by Gasteiger charge is -2.35. The van der Waals surface area contributed by atoms with Gasteiger partial charge in [-0.3, -0.25) is 4.79 Å². The Hall–Kier alpha value is -1.30. The minimum atomic E-state index is -0.864. The molecule has 6 heteroatoms. The number of nitrogens with one attached hydrogen (secondary N) is 2. The molecule has 122 valence electrons. The highest BCUT2D eigenvalue weighted by molar-refractivity contribution is 5.78. The Balaban J connectivity index is 2.45. The van der Waals surface area contributed by atoms with Gasteiger partial charge in [0.2, 0.25) is 0 Å². The number of carbonyl (C=O) groups is 2. The molecule has 2 atom stereocenters. The van der Waals surface area contributed by atoms with Crippen molar-refractivity contribution in [1.29, 1.82) is 0 Å². The smallest absolute Gasteiger partial charge is 0.315 e. The van der Waals surface area contributed by atoms with E-state index in [2.05, 4.69) is 29.5 Å². The topological polar surface area (TPSA) is 81.7 Å². The molecule has 0 radical (unpaired) electrons. The number of hydrogen-bond acceptors (Lipinski definition) is 3. The number of hydrogen-bond donors (Lipinski definition) is 3. The summed E-state index contributed by atoms with van der Waals surface area (Å²) in [6.45, 7) is 6.97. The number of amides is 2. The van der Waals surface area contributed by atoms with Crippen LogP contribution in [0.2, 0.25) is 0 Å². The van der Waals surface area contributed by atoms with Crippen LogP contribution in [0.5, 0.6) is 0 Å². The monoisotopic (exact) mass is 299 g/mol. The summed E-state index contributed by atoms with van der Waals surface area (Å²) in [6.07, 6.45) is 2.87. The number of nitrogens with zero attached hydrogens (tertiary/aromatic N) is 1. The Morgan fingerprint density at radius 1 is 1.33 bits per heavy atom. The van der Waals surface area contributed by atoms with Crippen molar-refractivity contribution in [3.05, 3.63) is 0 Å². The maximum atomic E-state index is 12.0. The molecular weight excluding hydrogens is 270 g/mol. The first kappa shape index (κ1) is 17.8. The number of piperidine rings is 1. The Morgan fingerprint density at radius 2 is 1.95 bits per heavy atom. The molecule has 21 heavy (non-hydrogen) atoms. The van der Waals surface area contributed by atoms with E-state index in [0.717, 1.165) is 19.4 Å². The maximum absolute atomic E-state index is 12.0. The SMILES string of the molecule is CCC(CC)(CNC(=O)NC1CCN(C)C(C)C1)C(=O)O. The summed E-state index contributed by atoms with van der Waals surface area (Å²) in [5, 5.41) is 15.0. The summed E-state index contributed by atoms with van der Waals surface area (Å²) in [6, 6.07) is 0.358. The number of aliphatic carboxylic acids is 1. The summed E-state index contributed by atoms with van der Waals surface area (Å²) in [4.78, 5) is 25.6. The fraction of sp³-hybridized carbons (Fsp3) is 0.867. The predicted molar refractivity (Wildman–Crippen MR) is 82.3 cm³/mol. The van der Waals surface area contributed by atoms with E-state index in [4.69, 9.17) is 0 Å². The van der Waals surface area contributed by atoms with E-state index in [1.165, 1.54) is 0 Å². The molecular formula is C15H29N3O3. The molecule has 0 aromatic rings. The molecule has 1 fully saturated rings. The van der Waals surface area contributed by atoms with Crippen LogP contribution in [0.3, 0.4) is 0 Å². The first-order chi connectivity index (χ1) is 9.84. The largest absolute Gasteiger partial charge is 0.481 e. The van der Waals surface area contributed by atoms with Gasteiger partial charge in [-0.25, -0.2) is 4.79 Å². The van der Waals surface area contributed by atoms with Gasteiger partial charge >= 0.3 is 12.0 Å². The number of urea groups is 1. The fourth-order valence-corrected chi connectivity index (χ4v) is 2.78.